The van der Waals surface area contributed by atoms with E-state index in [1.54, 1.807) is 6.07 Å². The van der Waals surface area contributed by atoms with E-state index in [1.807, 2.05) is 45.0 Å². The molecule has 31 heavy (non-hydrogen) atoms. The van der Waals surface area contributed by atoms with E-state index in [1.165, 1.54) is 5.69 Å². The Morgan fingerprint density at radius 2 is 2.03 bits per heavy atom. The molecule has 0 saturated carbocycles. The fraction of sp³-hybridized carbons (Fsp3) is 0.360. The number of carboxylic acids is 1. The number of carbonyl (C=O) groups is 1. The van der Waals surface area contributed by atoms with Crippen molar-refractivity contribution in [2.75, 3.05) is 0 Å². The second-order valence-electron chi connectivity index (χ2n) is 8.32. The van der Waals surface area contributed by atoms with Crippen molar-refractivity contribution in [1.29, 1.82) is 5.26 Å². The molecule has 3 aromatic rings. The normalized spacial score (nSPS) is 15.1. The predicted octanol–water partition coefficient (Wildman–Crippen LogP) is 5.15. The second kappa shape index (κ2) is 8.35. The van der Waals surface area contributed by atoms with Gasteiger partial charge >= 0.3 is 5.97 Å². The molecule has 1 aromatic heterocycles. The molecule has 6 nitrogen and oxygen atoms in total. The quantitative estimate of drug-likeness (QED) is 0.574. The molecule has 2 heterocycles. The summed E-state index contributed by atoms with van der Waals surface area (Å²) in [5.41, 5.74) is 4.61. The number of hydrogen-bond acceptors (Lipinski definition) is 4. The van der Waals surface area contributed by atoms with E-state index in [9.17, 15) is 15.2 Å². The lowest BCUT2D eigenvalue weighted by Crippen LogP contribution is -2.10. The van der Waals surface area contributed by atoms with Gasteiger partial charge in [0, 0.05) is 22.7 Å². The minimum atomic E-state index is -0.775. The zero-order valence-corrected chi connectivity index (χ0v) is 18.0. The lowest BCUT2D eigenvalue weighted by molar-refractivity contribution is -0.137. The van der Waals surface area contributed by atoms with E-state index in [-0.39, 0.29) is 18.6 Å². The predicted molar refractivity (Wildman–Crippen MR) is 118 cm³/mol. The van der Waals surface area contributed by atoms with Crippen LogP contribution in [0.2, 0.25) is 0 Å². The first-order chi connectivity index (χ1) is 14.9. The van der Waals surface area contributed by atoms with Gasteiger partial charge in [-0.2, -0.15) is 5.26 Å². The van der Waals surface area contributed by atoms with Gasteiger partial charge in [-0.3, -0.25) is 4.79 Å². The first-order valence-corrected chi connectivity index (χ1v) is 10.5. The SMILES string of the molecule is Cc1c(OCc2ccc(OC(C)C)c(C#N)c2)ccc2cc3n(c12)C(CC(=O)O)CC3. The Morgan fingerprint density at radius 3 is 2.74 bits per heavy atom. The maximum absolute atomic E-state index is 11.3. The number of aliphatic carboxylic acids is 1. The summed E-state index contributed by atoms with van der Waals surface area (Å²) in [6.07, 6.45) is 1.87. The van der Waals surface area contributed by atoms with Crippen LogP contribution < -0.4 is 9.47 Å². The molecule has 0 saturated heterocycles. The number of carboxylic acid groups (broad SMARTS) is 1. The van der Waals surface area contributed by atoms with Crippen molar-refractivity contribution in [3.63, 3.8) is 0 Å². The molecular weight excluding hydrogens is 392 g/mol. The van der Waals surface area contributed by atoms with Gasteiger partial charge in [-0.25, -0.2) is 0 Å². The molecule has 160 valence electrons. The van der Waals surface area contributed by atoms with Gasteiger partial charge < -0.3 is 19.1 Å². The number of rotatable bonds is 7. The highest BCUT2D eigenvalue weighted by Crippen LogP contribution is 2.39. The van der Waals surface area contributed by atoms with Crippen LogP contribution in [-0.2, 0) is 17.8 Å². The van der Waals surface area contributed by atoms with E-state index in [0.717, 1.165) is 40.6 Å². The highest BCUT2D eigenvalue weighted by atomic mass is 16.5. The molecule has 6 heteroatoms. The van der Waals surface area contributed by atoms with Crippen LogP contribution in [-0.4, -0.2) is 21.7 Å². The van der Waals surface area contributed by atoms with Gasteiger partial charge in [0.2, 0.25) is 0 Å². The molecule has 0 spiro atoms. The van der Waals surface area contributed by atoms with Gasteiger partial charge in [-0.05, 0) is 69.5 Å². The number of nitrogens with zero attached hydrogens (tertiary/aromatic N) is 2. The molecule has 1 N–H and O–H groups in total. The van der Waals surface area contributed by atoms with E-state index in [2.05, 4.69) is 16.7 Å². The van der Waals surface area contributed by atoms with Crippen molar-refractivity contribution in [1.82, 2.24) is 4.57 Å². The number of fused-ring (bicyclic) bond motifs is 3. The van der Waals surface area contributed by atoms with Crippen LogP contribution in [0.25, 0.3) is 10.9 Å². The smallest absolute Gasteiger partial charge is 0.305 e. The standard InChI is InChI=1S/C25H26N2O4/c1-15(2)31-23-8-4-17(10-19(23)13-26)14-30-22-9-5-18-11-20-6-7-21(12-24(28)29)27(20)25(18)16(22)3/h4-5,8-11,15,21H,6-7,12,14H2,1-3H3,(H,28,29). The first kappa shape index (κ1) is 20.8. The third kappa shape index (κ3) is 4.09. The van der Waals surface area contributed by atoms with Crippen LogP contribution in [0.5, 0.6) is 11.5 Å². The molecule has 1 unspecified atom stereocenters. The Morgan fingerprint density at radius 1 is 1.26 bits per heavy atom. The summed E-state index contributed by atoms with van der Waals surface area (Å²) >= 11 is 0. The summed E-state index contributed by atoms with van der Waals surface area (Å²) < 4.78 is 14.0. The zero-order valence-electron chi connectivity index (χ0n) is 18.0. The van der Waals surface area contributed by atoms with Crippen molar-refractivity contribution >= 4 is 16.9 Å². The molecule has 2 aromatic carbocycles. The van der Waals surface area contributed by atoms with Gasteiger partial charge in [0.05, 0.1) is 23.6 Å². The van der Waals surface area contributed by atoms with Crippen molar-refractivity contribution in [3.05, 3.63) is 58.8 Å². The monoisotopic (exact) mass is 418 g/mol. The third-order valence-electron chi connectivity index (χ3n) is 5.72. The molecule has 0 bridgehead atoms. The topological polar surface area (TPSA) is 84.5 Å². The van der Waals surface area contributed by atoms with Crippen LogP contribution in [0.3, 0.4) is 0 Å². The fourth-order valence-corrected chi connectivity index (χ4v) is 4.41. The van der Waals surface area contributed by atoms with Crippen LogP contribution in [0.15, 0.2) is 36.4 Å². The van der Waals surface area contributed by atoms with Crippen molar-refractivity contribution in [2.45, 2.75) is 58.8 Å². The third-order valence-corrected chi connectivity index (χ3v) is 5.72. The number of ether oxygens (including phenoxy) is 2. The molecule has 0 radical (unpaired) electrons. The van der Waals surface area contributed by atoms with Crippen LogP contribution in [0.4, 0.5) is 0 Å². The number of hydrogen-bond donors (Lipinski definition) is 1. The first-order valence-electron chi connectivity index (χ1n) is 10.5. The van der Waals surface area contributed by atoms with Crippen LogP contribution in [0.1, 0.15) is 55.1 Å². The molecule has 0 fully saturated rings. The van der Waals surface area contributed by atoms with Gasteiger partial charge in [0.25, 0.3) is 0 Å². The lowest BCUT2D eigenvalue weighted by atomic mass is 10.1. The molecule has 1 atom stereocenters. The largest absolute Gasteiger partial charge is 0.490 e. The van der Waals surface area contributed by atoms with Gasteiger partial charge in [0.15, 0.2) is 0 Å². The average Bonchev–Trinajstić information content (AvgIpc) is 3.27. The summed E-state index contributed by atoms with van der Waals surface area (Å²) in [6, 6.07) is 13.8. The van der Waals surface area contributed by atoms with E-state index in [4.69, 9.17) is 9.47 Å². The summed E-state index contributed by atoms with van der Waals surface area (Å²) in [5.74, 6) is 0.561. The van der Waals surface area contributed by atoms with Gasteiger partial charge in [0.1, 0.15) is 24.2 Å². The zero-order chi connectivity index (χ0) is 22.1. The minimum absolute atomic E-state index is 0.00250. The minimum Gasteiger partial charge on any atom is -0.490 e. The number of aromatic nitrogens is 1. The van der Waals surface area contributed by atoms with Crippen LogP contribution in [0, 0.1) is 18.3 Å². The Labute approximate surface area is 181 Å². The highest BCUT2D eigenvalue weighted by Gasteiger charge is 2.27. The maximum Gasteiger partial charge on any atom is 0.305 e. The molecule has 0 amide bonds. The van der Waals surface area contributed by atoms with Crippen molar-refractivity contribution in [2.24, 2.45) is 0 Å². The summed E-state index contributed by atoms with van der Waals surface area (Å²) in [6.45, 7) is 6.20. The number of nitriles is 1. The number of benzene rings is 2. The molecule has 1 aliphatic heterocycles. The van der Waals surface area contributed by atoms with E-state index >= 15 is 0 Å². The Bertz CT molecular complexity index is 1190. The maximum atomic E-state index is 11.3. The summed E-state index contributed by atoms with van der Waals surface area (Å²) in [4.78, 5) is 11.3. The fourth-order valence-electron chi connectivity index (χ4n) is 4.41. The summed E-state index contributed by atoms with van der Waals surface area (Å²) in [5, 5.41) is 19.8. The molecule has 1 aliphatic rings. The Hall–Kier alpha value is -3.46. The van der Waals surface area contributed by atoms with Crippen LogP contribution >= 0.6 is 0 Å². The van der Waals surface area contributed by atoms with Crippen molar-refractivity contribution in [3.8, 4) is 17.6 Å². The Balaban J connectivity index is 1.59. The highest BCUT2D eigenvalue weighted by molar-refractivity contribution is 5.87. The van der Waals surface area contributed by atoms with Gasteiger partial charge in [-0.1, -0.05) is 6.07 Å². The van der Waals surface area contributed by atoms with E-state index < -0.39 is 5.97 Å². The van der Waals surface area contributed by atoms with Gasteiger partial charge in [-0.15, -0.1) is 0 Å². The average molecular weight is 418 g/mol. The molecule has 4 rings (SSSR count). The molecule has 0 aliphatic carbocycles. The van der Waals surface area contributed by atoms with Crippen molar-refractivity contribution < 1.29 is 19.4 Å². The Kier molecular flexibility index (Phi) is 5.60. The molecular formula is C25H26N2O4. The van der Waals surface area contributed by atoms with E-state index in [0.29, 0.717) is 17.9 Å². The summed E-state index contributed by atoms with van der Waals surface area (Å²) in [7, 11) is 0. The second-order valence-corrected chi connectivity index (χ2v) is 8.32. The lowest BCUT2D eigenvalue weighted by Gasteiger charge is -2.17. The number of aryl methyl sites for hydroxylation is 2.